The van der Waals surface area contributed by atoms with E-state index in [4.69, 9.17) is 0 Å². The highest BCUT2D eigenvalue weighted by molar-refractivity contribution is 7.14. The van der Waals surface area contributed by atoms with E-state index in [-0.39, 0.29) is 0 Å². The summed E-state index contributed by atoms with van der Waals surface area (Å²) in [5.74, 6) is -1.38. The van der Waals surface area contributed by atoms with E-state index >= 15 is 0 Å². The summed E-state index contributed by atoms with van der Waals surface area (Å²) in [7, 11) is 0. The van der Waals surface area contributed by atoms with Gasteiger partial charge in [-0.05, 0) is 25.0 Å². The van der Waals surface area contributed by atoms with Crippen LogP contribution in [0.5, 0.6) is 0 Å². The van der Waals surface area contributed by atoms with Crippen LogP contribution in [0.2, 0.25) is 0 Å². The van der Waals surface area contributed by atoms with Gasteiger partial charge in [-0.3, -0.25) is 14.9 Å². The van der Waals surface area contributed by atoms with Crippen LogP contribution in [0.15, 0.2) is 60.1 Å². The predicted octanol–water partition coefficient (Wildman–Crippen LogP) is 3.90. The van der Waals surface area contributed by atoms with Crippen molar-refractivity contribution >= 4 is 39.2 Å². The second-order valence-electron chi connectivity index (χ2n) is 6.72. The number of benzene rings is 2. The van der Waals surface area contributed by atoms with E-state index in [0.29, 0.717) is 18.1 Å². The van der Waals surface area contributed by atoms with Gasteiger partial charge in [-0.1, -0.05) is 48.0 Å². The van der Waals surface area contributed by atoms with Crippen LogP contribution in [0.3, 0.4) is 0 Å². The highest BCUT2D eigenvalue weighted by Gasteiger charge is 2.15. The molecule has 0 aliphatic rings. The molecule has 3 N–H and O–H groups in total. The summed E-state index contributed by atoms with van der Waals surface area (Å²) in [5.41, 5.74) is 5.06. The fourth-order valence-corrected chi connectivity index (χ4v) is 3.79. The number of nitrogens with one attached hydrogen (secondary N) is 3. The van der Waals surface area contributed by atoms with Crippen LogP contribution in [0.25, 0.3) is 22.2 Å². The molecule has 0 bridgehead atoms. The lowest BCUT2D eigenvalue weighted by atomic mass is 10.1. The number of hydrogen-bond donors (Lipinski definition) is 3. The van der Waals surface area contributed by atoms with Crippen molar-refractivity contribution in [3.63, 3.8) is 0 Å². The largest absolute Gasteiger partial charge is 0.361 e. The lowest BCUT2D eigenvalue weighted by Crippen LogP contribution is -2.36. The van der Waals surface area contributed by atoms with Crippen molar-refractivity contribution < 1.29 is 9.59 Å². The van der Waals surface area contributed by atoms with Crippen LogP contribution in [0, 0.1) is 6.92 Å². The van der Waals surface area contributed by atoms with Gasteiger partial charge < -0.3 is 10.3 Å². The zero-order valence-corrected chi connectivity index (χ0v) is 16.7. The van der Waals surface area contributed by atoms with E-state index in [2.05, 4.69) is 20.6 Å². The van der Waals surface area contributed by atoms with Gasteiger partial charge in [0.25, 0.3) is 0 Å². The highest BCUT2D eigenvalue weighted by Crippen LogP contribution is 2.25. The second-order valence-corrected chi connectivity index (χ2v) is 7.58. The van der Waals surface area contributed by atoms with Gasteiger partial charge in [-0.15, -0.1) is 11.3 Å². The summed E-state index contributed by atoms with van der Waals surface area (Å²) >= 11 is 1.29. The summed E-state index contributed by atoms with van der Waals surface area (Å²) < 4.78 is 0. The Hall–Kier alpha value is -3.45. The molecule has 0 aliphatic carbocycles. The Morgan fingerprint density at radius 1 is 1.07 bits per heavy atom. The molecule has 2 amide bonds. The third-order valence-corrected chi connectivity index (χ3v) is 5.39. The molecule has 0 radical (unpaired) electrons. The summed E-state index contributed by atoms with van der Waals surface area (Å²) in [5, 5.41) is 8.61. The molecule has 29 heavy (non-hydrogen) atoms. The zero-order valence-electron chi connectivity index (χ0n) is 15.9. The number of amides is 2. The van der Waals surface area contributed by atoms with E-state index in [9.17, 15) is 9.59 Å². The Balaban J connectivity index is 1.30. The van der Waals surface area contributed by atoms with E-state index in [1.165, 1.54) is 16.9 Å². The molecule has 2 aromatic heterocycles. The first kappa shape index (κ1) is 18.9. The van der Waals surface area contributed by atoms with Crippen molar-refractivity contribution in [2.45, 2.75) is 13.3 Å². The maximum absolute atomic E-state index is 12.1. The van der Waals surface area contributed by atoms with Gasteiger partial charge >= 0.3 is 11.8 Å². The summed E-state index contributed by atoms with van der Waals surface area (Å²) in [6.07, 6.45) is 2.57. The van der Waals surface area contributed by atoms with Gasteiger partial charge in [0.2, 0.25) is 0 Å². The third kappa shape index (κ3) is 4.35. The number of thiazole rings is 1. The number of carbonyl (C=O) groups excluding carboxylic acids is 2. The monoisotopic (exact) mass is 404 g/mol. The molecule has 0 unspecified atom stereocenters. The molecule has 2 heterocycles. The first-order valence-corrected chi connectivity index (χ1v) is 10.1. The lowest BCUT2D eigenvalue weighted by Gasteiger charge is -2.04. The van der Waals surface area contributed by atoms with Gasteiger partial charge in [0.05, 0.1) is 5.69 Å². The molecule has 0 spiro atoms. The fraction of sp³-hybridized carbons (Fsp3) is 0.136. The van der Waals surface area contributed by atoms with Crippen molar-refractivity contribution in [2.75, 3.05) is 11.9 Å². The maximum Gasteiger partial charge on any atom is 0.315 e. The van der Waals surface area contributed by atoms with Crippen LogP contribution < -0.4 is 10.6 Å². The number of fused-ring (bicyclic) bond motifs is 1. The van der Waals surface area contributed by atoms with Gasteiger partial charge in [-0.25, -0.2) is 4.98 Å². The fourth-order valence-electron chi connectivity index (χ4n) is 3.07. The van der Waals surface area contributed by atoms with Gasteiger partial charge in [0, 0.05) is 34.6 Å². The van der Waals surface area contributed by atoms with E-state index in [1.807, 2.05) is 67.0 Å². The Morgan fingerprint density at radius 2 is 1.86 bits per heavy atom. The maximum atomic E-state index is 12.1. The molecule has 0 atom stereocenters. The minimum absolute atomic E-state index is 0.376. The molecule has 4 aromatic rings. The summed E-state index contributed by atoms with van der Waals surface area (Å²) in [6, 6.07) is 16.0. The zero-order chi connectivity index (χ0) is 20.2. The molecule has 0 saturated heterocycles. The summed E-state index contributed by atoms with van der Waals surface area (Å²) in [4.78, 5) is 31.8. The minimum atomic E-state index is -0.714. The number of H-pyrrole nitrogens is 1. The average Bonchev–Trinajstić information content (AvgIpc) is 3.36. The van der Waals surface area contributed by atoms with Crippen LogP contribution in [-0.2, 0) is 16.0 Å². The molecule has 2 aromatic carbocycles. The smallest absolute Gasteiger partial charge is 0.315 e. The number of nitrogens with zero attached hydrogens (tertiary/aromatic N) is 1. The number of hydrogen-bond acceptors (Lipinski definition) is 4. The van der Waals surface area contributed by atoms with Crippen molar-refractivity contribution in [3.05, 3.63) is 71.2 Å². The number of aromatic nitrogens is 2. The van der Waals surface area contributed by atoms with Crippen LogP contribution in [0.1, 0.15) is 11.1 Å². The first-order chi connectivity index (χ1) is 14.1. The van der Waals surface area contributed by atoms with Crippen LogP contribution in [-0.4, -0.2) is 28.3 Å². The standard InChI is InChI=1S/C22H20N4O2S/c1-14-6-8-15(9-7-14)19-13-29-22(25-19)26-21(28)20(27)23-11-10-16-12-24-18-5-3-2-4-17(16)18/h2-9,12-13,24H,10-11H2,1H3,(H,23,27)(H,25,26,28). The van der Waals surface area contributed by atoms with Crippen molar-refractivity contribution in [3.8, 4) is 11.3 Å². The predicted molar refractivity (Wildman–Crippen MR) is 116 cm³/mol. The highest BCUT2D eigenvalue weighted by atomic mass is 32.1. The number of aromatic amines is 1. The van der Waals surface area contributed by atoms with Crippen molar-refractivity contribution in [1.82, 2.24) is 15.3 Å². The normalized spacial score (nSPS) is 10.8. The van der Waals surface area contributed by atoms with E-state index < -0.39 is 11.8 Å². The van der Waals surface area contributed by atoms with Crippen molar-refractivity contribution in [1.29, 1.82) is 0 Å². The van der Waals surface area contributed by atoms with E-state index in [0.717, 1.165) is 27.7 Å². The molecule has 0 fully saturated rings. The number of aryl methyl sites for hydroxylation is 1. The minimum Gasteiger partial charge on any atom is -0.361 e. The number of para-hydroxylation sites is 1. The molecule has 6 nitrogen and oxygen atoms in total. The lowest BCUT2D eigenvalue weighted by molar-refractivity contribution is -0.136. The molecular weight excluding hydrogens is 384 g/mol. The Labute approximate surface area is 172 Å². The second kappa shape index (κ2) is 8.28. The molecule has 146 valence electrons. The van der Waals surface area contributed by atoms with Crippen LogP contribution in [0.4, 0.5) is 5.13 Å². The number of carbonyl (C=O) groups is 2. The quantitative estimate of drug-likeness (QED) is 0.441. The molecule has 0 saturated carbocycles. The van der Waals surface area contributed by atoms with Crippen molar-refractivity contribution in [2.24, 2.45) is 0 Å². The molecule has 4 rings (SSSR count). The Kier molecular flexibility index (Phi) is 5.39. The topological polar surface area (TPSA) is 86.9 Å². The Morgan fingerprint density at radius 3 is 2.69 bits per heavy atom. The average molecular weight is 404 g/mol. The number of rotatable bonds is 5. The van der Waals surface area contributed by atoms with Crippen LogP contribution >= 0.6 is 11.3 Å². The SMILES string of the molecule is Cc1ccc(-c2csc(NC(=O)C(=O)NCCc3c[nH]c4ccccc34)n2)cc1. The molecule has 0 aliphatic heterocycles. The summed E-state index contributed by atoms with van der Waals surface area (Å²) in [6.45, 7) is 2.40. The molecular formula is C22H20N4O2S. The third-order valence-electron chi connectivity index (χ3n) is 4.63. The van der Waals surface area contributed by atoms with E-state index in [1.54, 1.807) is 0 Å². The number of anilines is 1. The van der Waals surface area contributed by atoms with Gasteiger partial charge in [-0.2, -0.15) is 0 Å². The van der Waals surface area contributed by atoms with Gasteiger partial charge in [0.1, 0.15) is 0 Å². The van der Waals surface area contributed by atoms with Gasteiger partial charge in [0.15, 0.2) is 5.13 Å². The molecule has 7 heteroatoms. The first-order valence-electron chi connectivity index (χ1n) is 9.27. The Bertz CT molecular complexity index is 1160.